The Bertz CT molecular complexity index is 459. The standard InChI is InChI=1S/C16H29NOSi/c1-11(2)13-10-14(17)12(3)9-15(13)18-19(7,8)16(4,5)6/h9-11H,17H2,1-8H3. The molecule has 0 aromatic heterocycles. The number of benzene rings is 1. The number of hydrogen-bond acceptors (Lipinski definition) is 2. The molecule has 108 valence electrons. The lowest BCUT2D eigenvalue weighted by Gasteiger charge is -2.37. The summed E-state index contributed by atoms with van der Waals surface area (Å²) in [5, 5.41) is 0.205. The van der Waals surface area contributed by atoms with Crippen molar-refractivity contribution in [2.24, 2.45) is 0 Å². The highest BCUT2D eigenvalue weighted by Crippen LogP contribution is 2.40. The van der Waals surface area contributed by atoms with E-state index in [4.69, 9.17) is 10.2 Å². The van der Waals surface area contributed by atoms with Crippen LogP contribution >= 0.6 is 0 Å². The summed E-state index contributed by atoms with van der Waals surface area (Å²) in [7, 11) is -1.80. The molecule has 0 unspecified atom stereocenters. The molecule has 0 aliphatic carbocycles. The molecule has 1 aromatic carbocycles. The van der Waals surface area contributed by atoms with Crippen molar-refractivity contribution in [3.05, 3.63) is 23.3 Å². The van der Waals surface area contributed by atoms with Crippen LogP contribution in [0.5, 0.6) is 5.75 Å². The third-order valence-corrected chi connectivity index (χ3v) is 8.53. The number of nitrogens with two attached hydrogens (primary N) is 1. The van der Waals surface area contributed by atoms with Crippen molar-refractivity contribution in [2.75, 3.05) is 5.73 Å². The van der Waals surface area contributed by atoms with Crippen LogP contribution in [0.15, 0.2) is 12.1 Å². The molecule has 0 bridgehead atoms. The van der Waals surface area contributed by atoms with E-state index in [9.17, 15) is 0 Å². The molecule has 0 aliphatic heterocycles. The van der Waals surface area contributed by atoms with Gasteiger partial charge in [0.25, 0.3) is 0 Å². The Morgan fingerprint density at radius 2 is 1.68 bits per heavy atom. The van der Waals surface area contributed by atoms with Gasteiger partial charge in [-0.1, -0.05) is 34.6 Å². The number of hydrogen-bond donors (Lipinski definition) is 1. The summed E-state index contributed by atoms with van der Waals surface area (Å²) >= 11 is 0. The molecule has 0 amide bonds. The number of anilines is 1. The van der Waals surface area contributed by atoms with E-state index in [0.717, 1.165) is 17.0 Å². The first kappa shape index (κ1) is 16.1. The van der Waals surface area contributed by atoms with Gasteiger partial charge in [-0.3, -0.25) is 0 Å². The van der Waals surface area contributed by atoms with Crippen LogP contribution in [0.4, 0.5) is 5.69 Å². The molecule has 0 aliphatic rings. The molecule has 0 spiro atoms. The number of aryl methyl sites for hydroxylation is 1. The predicted molar refractivity (Wildman–Crippen MR) is 87.5 cm³/mol. The van der Waals surface area contributed by atoms with E-state index in [0.29, 0.717) is 5.92 Å². The molecule has 0 heterocycles. The molecule has 2 nitrogen and oxygen atoms in total. The van der Waals surface area contributed by atoms with E-state index in [1.807, 2.05) is 6.92 Å². The fraction of sp³-hybridized carbons (Fsp3) is 0.625. The Morgan fingerprint density at radius 3 is 2.11 bits per heavy atom. The summed E-state index contributed by atoms with van der Waals surface area (Å²) in [6, 6.07) is 4.17. The van der Waals surface area contributed by atoms with Crippen molar-refractivity contribution in [3.8, 4) is 5.75 Å². The van der Waals surface area contributed by atoms with E-state index in [1.54, 1.807) is 0 Å². The quantitative estimate of drug-likeness (QED) is 0.618. The van der Waals surface area contributed by atoms with Crippen LogP contribution in [0.3, 0.4) is 0 Å². The summed E-state index contributed by atoms with van der Waals surface area (Å²) in [4.78, 5) is 0. The zero-order valence-corrected chi connectivity index (χ0v) is 14.7. The van der Waals surface area contributed by atoms with E-state index in [1.165, 1.54) is 5.56 Å². The summed E-state index contributed by atoms with van der Waals surface area (Å²) in [6.07, 6.45) is 0. The molecule has 1 rings (SSSR count). The van der Waals surface area contributed by atoms with Crippen molar-refractivity contribution in [2.45, 2.75) is 65.6 Å². The predicted octanol–water partition coefficient (Wildman–Crippen LogP) is 5.08. The fourth-order valence-corrected chi connectivity index (χ4v) is 2.72. The van der Waals surface area contributed by atoms with Crippen LogP contribution < -0.4 is 10.2 Å². The van der Waals surface area contributed by atoms with E-state index in [-0.39, 0.29) is 5.04 Å². The normalized spacial score (nSPS) is 12.9. The first-order valence-electron chi connectivity index (χ1n) is 7.04. The molecule has 19 heavy (non-hydrogen) atoms. The topological polar surface area (TPSA) is 35.2 Å². The summed E-state index contributed by atoms with van der Waals surface area (Å²) in [6.45, 7) is 17.8. The maximum Gasteiger partial charge on any atom is 0.250 e. The average Bonchev–Trinajstić information content (AvgIpc) is 2.20. The lowest BCUT2D eigenvalue weighted by molar-refractivity contribution is 0.484. The highest BCUT2D eigenvalue weighted by Gasteiger charge is 2.39. The van der Waals surface area contributed by atoms with Gasteiger partial charge in [-0.15, -0.1) is 0 Å². The summed E-state index contributed by atoms with van der Waals surface area (Å²) in [5.74, 6) is 1.44. The van der Waals surface area contributed by atoms with Gasteiger partial charge < -0.3 is 10.2 Å². The Balaban J connectivity index is 3.24. The van der Waals surface area contributed by atoms with E-state index < -0.39 is 8.32 Å². The first-order chi connectivity index (χ1) is 8.45. The molecular formula is C16H29NOSi. The van der Waals surface area contributed by atoms with Gasteiger partial charge in [-0.25, -0.2) is 0 Å². The average molecular weight is 280 g/mol. The third kappa shape index (κ3) is 3.53. The van der Waals surface area contributed by atoms with Crippen LogP contribution in [-0.2, 0) is 0 Å². The van der Waals surface area contributed by atoms with Gasteiger partial charge in [0.2, 0.25) is 8.32 Å². The summed E-state index contributed by atoms with van der Waals surface area (Å²) < 4.78 is 6.48. The van der Waals surface area contributed by atoms with Gasteiger partial charge in [-0.05, 0) is 54.2 Å². The zero-order valence-electron chi connectivity index (χ0n) is 13.7. The second-order valence-electron chi connectivity index (χ2n) is 7.26. The third-order valence-electron chi connectivity index (χ3n) is 4.19. The Kier molecular flexibility index (Phi) is 4.40. The number of rotatable bonds is 3. The van der Waals surface area contributed by atoms with Crippen LogP contribution in [0.1, 0.15) is 51.7 Å². The maximum absolute atomic E-state index is 6.48. The molecule has 0 radical (unpaired) electrons. The Morgan fingerprint density at radius 1 is 1.16 bits per heavy atom. The SMILES string of the molecule is Cc1cc(O[Si](C)(C)C(C)(C)C)c(C(C)C)cc1N. The van der Waals surface area contributed by atoms with Gasteiger partial charge in [0.1, 0.15) is 5.75 Å². The molecule has 2 N–H and O–H groups in total. The highest BCUT2D eigenvalue weighted by atomic mass is 28.4. The highest BCUT2D eigenvalue weighted by molar-refractivity contribution is 6.74. The second kappa shape index (κ2) is 5.20. The lowest BCUT2D eigenvalue weighted by atomic mass is 9.99. The monoisotopic (exact) mass is 279 g/mol. The smallest absolute Gasteiger partial charge is 0.250 e. The van der Waals surface area contributed by atoms with Gasteiger partial charge in [0, 0.05) is 5.69 Å². The first-order valence-corrected chi connectivity index (χ1v) is 9.95. The van der Waals surface area contributed by atoms with E-state index in [2.05, 4.69) is 59.8 Å². The lowest BCUT2D eigenvalue weighted by Crippen LogP contribution is -2.44. The fourth-order valence-electron chi connectivity index (χ4n) is 1.68. The van der Waals surface area contributed by atoms with Crippen LogP contribution in [0.2, 0.25) is 18.1 Å². The molecule has 1 aromatic rings. The Labute approximate surface area is 119 Å². The van der Waals surface area contributed by atoms with Crippen LogP contribution in [0.25, 0.3) is 0 Å². The van der Waals surface area contributed by atoms with Crippen molar-refractivity contribution < 1.29 is 4.43 Å². The minimum absolute atomic E-state index is 0.205. The minimum Gasteiger partial charge on any atom is -0.543 e. The largest absolute Gasteiger partial charge is 0.543 e. The summed E-state index contributed by atoms with van der Waals surface area (Å²) in [5.41, 5.74) is 9.20. The molecule has 0 saturated carbocycles. The Hall–Kier alpha value is -0.963. The van der Waals surface area contributed by atoms with Crippen molar-refractivity contribution in [3.63, 3.8) is 0 Å². The molecule has 0 fully saturated rings. The van der Waals surface area contributed by atoms with Crippen molar-refractivity contribution >= 4 is 14.0 Å². The maximum atomic E-state index is 6.48. The van der Waals surface area contributed by atoms with E-state index >= 15 is 0 Å². The molecule has 0 saturated heterocycles. The number of nitrogen functional groups attached to an aromatic ring is 1. The van der Waals surface area contributed by atoms with Gasteiger partial charge in [-0.2, -0.15) is 0 Å². The molecular weight excluding hydrogens is 250 g/mol. The van der Waals surface area contributed by atoms with Gasteiger partial charge in [0.15, 0.2) is 0 Å². The minimum atomic E-state index is -1.80. The van der Waals surface area contributed by atoms with Crippen LogP contribution in [-0.4, -0.2) is 8.32 Å². The van der Waals surface area contributed by atoms with Crippen molar-refractivity contribution in [1.29, 1.82) is 0 Å². The molecule has 0 atom stereocenters. The molecule has 3 heteroatoms. The van der Waals surface area contributed by atoms with Gasteiger partial charge in [0.05, 0.1) is 0 Å². The zero-order chi connectivity index (χ0) is 15.0. The van der Waals surface area contributed by atoms with Gasteiger partial charge >= 0.3 is 0 Å². The van der Waals surface area contributed by atoms with Crippen LogP contribution in [0, 0.1) is 6.92 Å². The van der Waals surface area contributed by atoms with Crippen molar-refractivity contribution in [1.82, 2.24) is 0 Å². The second-order valence-corrected chi connectivity index (χ2v) is 12.0.